The highest BCUT2D eigenvalue weighted by Crippen LogP contribution is 2.31. The van der Waals surface area contributed by atoms with Gasteiger partial charge in [-0.1, -0.05) is 24.3 Å². The van der Waals surface area contributed by atoms with E-state index in [2.05, 4.69) is 5.10 Å². The third-order valence-corrected chi connectivity index (χ3v) is 5.86. The molecule has 1 N–H and O–H groups in total. The van der Waals surface area contributed by atoms with Crippen molar-refractivity contribution in [2.24, 2.45) is 5.10 Å². The first-order valence-electron chi connectivity index (χ1n) is 8.56. The number of sulfonamides is 1. The van der Waals surface area contributed by atoms with Gasteiger partial charge in [-0.25, -0.2) is 13.8 Å². The van der Waals surface area contributed by atoms with E-state index in [1.807, 2.05) is 5.43 Å². The van der Waals surface area contributed by atoms with Crippen LogP contribution in [-0.4, -0.2) is 45.5 Å². The van der Waals surface area contributed by atoms with Crippen molar-refractivity contribution in [3.05, 3.63) is 59.2 Å². The Kier molecular flexibility index (Phi) is 7.21. The number of nitrogens with zero attached hydrogens (tertiary/aromatic N) is 2. The monoisotopic (exact) mass is 443 g/mol. The zero-order valence-corrected chi connectivity index (χ0v) is 17.2. The van der Waals surface area contributed by atoms with Crippen molar-refractivity contribution in [1.29, 1.82) is 0 Å². The molecule has 162 valence electrons. The van der Waals surface area contributed by atoms with E-state index >= 15 is 0 Å². The molecule has 0 unspecified atom stereocenters. The van der Waals surface area contributed by atoms with Gasteiger partial charge in [0.2, 0.25) is 10.0 Å². The molecule has 0 bridgehead atoms. The van der Waals surface area contributed by atoms with Crippen LogP contribution in [0.15, 0.2) is 52.5 Å². The van der Waals surface area contributed by atoms with E-state index < -0.39 is 34.2 Å². The topological polar surface area (TPSA) is 88.1 Å². The standard InChI is InChI=1S/C19H20F3N3O4S/c1-13-8-9-16(29-3)17(10-13)30(27,28)25(2)12-18(26)24-23-11-14-6-4-5-7-15(14)19(20,21)22/h4-11H,12H2,1-3H3,(H,24,26)/b23-11-. The fourth-order valence-corrected chi connectivity index (χ4v) is 3.88. The van der Waals surface area contributed by atoms with Gasteiger partial charge < -0.3 is 4.74 Å². The maximum Gasteiger partial charge on any atom is 0.417 e. The van der Waals surface area contributed by atoms with Crippen LogP contribution in [0.2, 0.25) is 0 Å². The Hall–Kier alpha value is -2.92. The Labute approximate surface area is 172 Å². The van der Waals surface area contributed by atoms with Gasteiger partial charge in [0.15, 0.2) is 0 Å². The molecule has 0 saturated heterocycles. The van der Waals surface area contributed by atoms with Gasteiger partial charge in [-0.15, -0.1) is 0 Å². The number of hydrazone groups is 1. The highest BCUT2D eigenvalue weighted by Gasteiger charge is 2.32. The summed E-state index contributed by atoms with van der Waals surface area (Å²) in [4.78, 5) is 11.9. The molecule has 30 heavy (non-hydrogen) atoms. The van der Waals surface area contributed by atoms with Crippen LogP contribution < -0.4 is 10.2 Å². The fourth-order valence-electron chi connectivity index (χ4n) is 2.52. The second-order valence-corrected chi connectivity index (χ2v) is 8.31. The van der Waals surface area contributed by atoms with E-state index in [1.165, 1.54) is 44.5 Å². The number of methoxy groups -OCH3 is 1. The summed E-state index contributed by atoms with van der Waals surface area (Å²) in [5.41, 5.74) is 1.56. The lowest BCUT2D eigenvalue weighted by Gasteiger charge is -2.18. The molecule has 0 aliphatic carbocycles. The van der Waals surface area contributed by atoms with Gasteiger partial charge in [0.25, 0.3) is 5.91 Å². The zero-order valence-electron chi connectivity index (χ0n) is 16.4. The smallest absolute Gasteiger partial charge is 0.417 e. The molecule has 1 amide bonds. The first-order chi connectivity index (χ1) is 14.0. The first-order valence-corrected chi connectivity index (χ1v) is 10.00. The normalized spacial score (nSPS) is 12.4. The maximum absolute atomic E-state index is 13.0. The quantitative estimate of drug-likeness (QED) is 0.527. The number of amides is 1. The predicted octanol–water partition coefficient (Wildman–Crippen LogP) is 2.79. The highest BCUT2D eigenvalue weighted by atomic mass is 32.2. The molecule has 2 rings (SSSR count). The van der Waals surface area contributed by atoms with Gasteiger partial charge in [-0.3, -0.25) is 4.79 Å². The second kappa shape index (κ2) is 9.26. The van der Waals surface area contributed by atoms with Crippen LogP contribution in [-0.2, 0) is 21.0 Å². The minimum Gasteiger partial charge on any atom is -0.495 e. The lowest BCUT2D eigenvalue weighted by molar-refractivity contribution is -0.137. The molecule has 0 radical (unpaired) electrons. The van der Waals surface area contributed by atoms with E-state index in [9.17, 15) is 26.4 Å². The van der Waals surface area contributed by atoms with Crippen molar-refractivity contribution < 1.29 is 31.1 Å². The average Bonchev–Trinajstić information content (AvgIpc) is 2.67. The third-order valence-electron chi connectivity index (χ3n) is 4.03. The fraction of sp³-hybridized carbons (Fsp3) is 0.263. The summed E-state index contributed by atoms with van der Waals surface area (Å²) in [5, 5.41) is 3.50. The van der Waals surface area contributed by atoms with E-state index in [-0.39, 0.29) is 16.2 Å². The van der Waals surface area contributed by atoms with Crippen molar-refractivity contribution in [2.45, 2.75) is 18.0 Å². The largest absolute Gasteiger partial charge is 0.495 e. The Morgan fingerprint density at radius 2 is 1.90 bits per heavy atom. The van der Waals surface area contributed by atoms with Crippen LogP contribution in [0.5, 0.6) is 5.75 Å². The molecule has 0 heterocycles. The summed E-state index contributed by atoms with van der Waals surface area (Å²) in [6.45, 7) is 1.11. The van der Waals surface area contributed by atoms with E-state index in [0.29, 0.717) is 5.56 Å². The molecule has 11 heteroatoms. The van der Waals surface area contributed by atoms with Crippen LogP contribution in [0, 0.1) is 6.92 Å². The molecule has 7 nitrogen and oxygen atoms in total. The molecule has 0 fully saturated rings. The summed E-state index contributed by atoms with van der Waals surface area (Å²) in [5.74, 6) is -0.705. The van der Waals surface area contributed by atoms with Crippen molar-refractivity contribution in [3.63, 3.8) is 0 Å². The van der Waals surface area contributed by atoms with Gasteiger partial charge in [-0.2, -0.15) is 22.6 Å². The van der Waals surface area contributed by atoms with Gasteiger partial charge in [-0.05, 0) is 30.7 Å². The molecule has 2 aromatic carbocycles. The molecule has 0 saturated carbocycles. The number of halogens is 3. The van der Waals surface area contributed by atoms with E-state index in [1.54, 1.807) is 13.0 Å². The Bertz CT molecular complexity index is 1050. The molecule has 0 aromatic heterocycles. The molecular formula is C19H20F3N3O4S. The van der Waals surface area contributed by atoms with Crippen LogP contribution in [0.3, 0.4) is 0 Å². The number of hydrogen-bond donors (Lipinski definition) is 1. The first kappa shape index (κ1) is 23.4. The number of carbonyl (C=O) groups is 1. The highest BCUT2D eigenvalue weighted by molar-refractivity contribution is 7.89. The number of ether oxygens (including phenoxy) is 1. The number of benzene rings is 2. The van der Waals surface area contributed by atoms with E-state index in [4.69, 9.17) is 4.74 Å². The number of rotatable bonds is 7. The third kappa shape index (κ3) is 5.57. The van der Waals surface area contributed by atoms with Crippen LogP contribution in [0.25, 0.3) is 0 Å². The second-order valence-electron chi connectivity index (χ2n) is 6.29. The van der Waals surface area contributed by atoms with Gasteiger partial charge in [0.1, 0.15) is 10.6 Å². The number of hydrogen-bond acceptors (Lipinski definition) is 5. The van der Waals surface area contributed by atoms with Crippen molar-refractivity contribution in [1.82, 2.24) is 9.73 Å². The zero-order chi connectivity index (χ0) is 22.5. The van der Waals surface area contributed by atoms with Gasteiger partial charge in [0, 0.05) is 12.6 Å². The van der Waals surface area contributed by atoms with Crippen molar-refractivity contribution in [2.75, 3.05) is 20.7 Å². The van der Waals surface area contributed by atoms with Crippen molar-refractivity contribution in [3.8, 4) is 5.75 Å². The van der Waals surface area contributed by atoms with Crippen LogP contribution in [0.4, 0.5) is 13.2 Å². The van der Waals surface area contributed by atoms with Crippen LogP contribution in [0.1, 0.15) is 16.7 Å². The molecule has 0 aliphatic heterocycles. The molecular weight excluding hydrogens is 423 g/mol. The number of alkyl halides is 3. The van der Waals surface area contributed by atoms with Crippen LogP contribution >= 0.6 is 0 Å². The minimum absolute atomic E-state index is 0.108. The van der Waals surface area contributed by atoms with Gasteiger partial charge >= 0.3 is 6.18 Å². The molecule has 0 atom stereocenters. The number of carbonyl (C=O) groups excluding carboxylic acids is 1. The average molecular weight is 443 g/mol. The van der Waals surface area contributed by atoms with Crippen molar-refractivity contribution >= 4 is 22.1 Å². The predicted molar refractivity (Wildman–Crippen MR) is 105 cm³/mol. The number of nitrogens with one attached hydrogen (secondary N) is 1. The lowest BCUT2D eigenvalue weighted by Crippen LogP contribution is -2.36. The van der Waals surface area contributed by atoms with E-state index in [0.717, 1.165) is 16.6 Å². The Morgan fingerprint density at radius 3 is 2.53 bits per heavy atom. The molecule has 2 aromatic rings. The lowest BCUT2D eigenvalue weighted by atomic mass is 10.1. The minimum atomic E-state index is -4.58. The summed E-state index contributed by atoms with van der Waals surface area (Å²) in [6.07, 6.45) is -3.73. The van der Waals surface area contributed by atoms with Gasteiger partial charge in [0.05, 0.1) is 25.4 Å². The summed E-state index contributed by atoms with van der Waals surface area (Å²) >= 11 is 0. The Morgan fingerprint density at radius 1 is 1.23 bits per heavy atom. The maximum atomic E-state index is 13.0. The SMILES string of the molecule is COc1ccc(C)cc1S(=O)(=O)N(C)CC(=O)N/N=C\c1ccccc1C(F)(F)F. The number of aryl methyl sites for hydroxylation is 1. The number of likely N-dealkylation sites (N-methyl/N-ethyl adjacent to an activating group) is 1. The molecule has 0 spiro atoms. The summed E-state index contributed by atoms with van der Waals surface area (Å²) in [7, 11) is -1.54. The summed E-state index contributed by atoms with van der Waals surface area (Å²) < 4.78 is 70.2. The summed E-state index contributed by atoms with van der Waals surface area (Å²) in [6, 6.07) is 9.30. The Balaban J connectivity index is 2.10. The molecule has 0 aliphatic rings.